The first-order valence-corrected chi connectivity index (χ1v) is 7.28. The molecule has 0 spiro atoms. The molecule has 1 rings (SSSR count). The molecule has 1 aromatic carbocycles. The van der Waals surface area contributed by atoms with Gasteiger partial charge in [-0.2, -0.15) is 0 Å². The molecule has 0 unspecified atom stereocenters. The van der Waals surface area contributed by atoms with Crippen LogP contribution in [0.2, 0.25) is 0 Å². The van der Waals surface area contributed by atoms with E-state index in [0.717, 1.165) is 31.9 Å². The predicted molar refractivity (Wildman–Crippen MR) is 75.7 cm³/mol. The molecular formula is C14H23NOS. The van der Waals surface area contributed by atoms with Crippen LogP contribution in [-0.4, -0.2) is 31.6 Å². The van der Waals surface area contributed by atoms with Crippen LogP contribution in [0.25, 0.3) is 0 Å². The zero-order valence-electron chi connectivity index (χ0n) is 10.8. The van der Waals surface area contributed by atoms with Gasteiger partial charge in [-0.1, -0.05) is 18.2 Å². The summed E-state index contributed by atoms with van der Waals surface area (Å²) in [5.74, 6) is 1.12. The third-order valence-corrected chi connectivity index (χ3v) is 3.25. The highest BCUT2D eigenvalue weighted by Gasteiger charge is 1.94. The Kier molecular flexibility index (Phi) is 8.14. The van der Waals surface area contributed by atoms with E-state index in [-0.39, 0.29) is 0 Å². The van der Waals surface area contributed by atoms with Gasteiger partial charge in [-0.15, -0.1) is 11.8 Å². The molecule has 0 aliphatic rings. The van der Waals surface area contributed by atoms with E-state index in [1.807, 2.05) is 11.8 Å². The summed E-state index contributed by atoms with van der Waals surface area (Å²) in [6.45, 7) is 7.10. The van der Waals surface area contributed by atoms with Crippen LogP contribution < -0.4 is 5.32 Å². The highest BCUT2D eigenvalue weighted by Crippen LogP contribution is 2.15. The summed E-state index contributed by atoms with van der Waals surface area (Å²) < 4.78 is 5.47. The normalized spacial score (nSPS) is 11.0. The Morgan fingerprint density at radius 2 is 1.94 bits per heavy atom. The van der Waals surface area contributed by atoms with Gasteiger partial charge in [0, 0.05) is 23.8 Å². The lowest BCUT2D eigenvalue weighted by molar-refractivity contribution is 0.0772. The Morgan fingerprint density at radius 3 is 2.65 bits per heavy atom. The molecule has 1 N–H and O–H groups in total. The Hall–Kier alpha value is -0.510. The van der Waals surface area contributed by atoms with Gasteiger partial charge in [-0.05, 0) is 38.9 Å². The molecule has 0 aromatic heterocycles. The minimum atomic E-state index is 0.351. The molecule has 0 amide bonds. The van der Waals surface area contributed by atoms with Gasteiger partial charge in [0.1, 0.15) is 0 Å². The van der Waals surface area contributed by atoms with Crippen molar-refractivity contribution in [2.24, 2.45) is 0 Å². The van der Waals surface area contributed by atoms with Crippen LogP contribution in [0.5, 0.6) is 0 Å². The molecule has 0 aliphatic heterocycles. The fourth-order valence-corrected chi connectivity index (χ4v) is 2.23. The van der Waals surface area contributed by atoms with Crippen molar-refractivity contribution in [3.8, 4) is 0 Å². The maximum absolute atomic E-state index is 5.47. The molecular weight excluding hydrogens is 230 g/mol. The summed E-state index contributed by atoms with van der Waals surface area (Å²) in [7, 11) is 0. The van der Waals surface area contributed by atoms with E-state index in [0.29, 0.717) is 6.10 Å². The minimum Gasteiger partial charge on any atom is -0.379 e. The number of rotatable bonds is 9. The van der Waals surface area contributed by atoms with Crippen molar-refractivity contribution in [3.05, 3.63) is 30.3 Å². The van der Waals surface area contributed by atoms with Gasteiger partial charge >= 0.3 is 0 Å². The largest absolute Gasteiger partial charge is 0.379 e. The van der Waals surface area contributed by atoms with Crippen LogP contribution in [-0.2, 0) is 4.74 Å². The summed E-state index contributed by atoms with van der Waals surface area (Å²) >= 11 is 1.90. The molecule has 0 saturated heterocycles. The van der Waals surface area contributed by atoms with E-state index in [1.165, 1.54) is 4.90 Å². The minimum absolute atomic E-state index is 0.351. The molecule has 0 heterocycles. The summed E-state index contributed by atoms with van der Waals surface area (Å²) in [4.78, 5) is 1.34. The number of hydrogen-bond donors (Lipinski definition) is 1. The molecule has 0 radical (unpaired) electrons. The predicted octanol–water partition coefficient (Wildman–Crippen LogP) is 3.18. The summed E-state index contributed by atoms with van der Waals surface area (Å²) in [5.41, 5.74) is 0. The first-order chi connectivity index (χ1) is 8.29. The first kappa shape index (κ1) is 14.6. The van der Waals surface area contributed by atoms with Crippen molar-refractivity contribution >= 4 is 11.8 Å². The molecule has 0 atom stereocenters. The first-order valence-electron chi connectivity index (χ1n) is 6.29. The third-order valence-electron chi connectivity index (χ3n) is 2.24. The number of thioether (sulfide) groups is 1. The third kappa shape index (κ3) is 8.25. The molecule has 0 saturated carbocycles. The van der Waals surface area contributed by atoms with Gasteiger partial charge in [0.2, 0.25) is 0 Å². The van der Waals surface area contributed by atoms with E-state index in [2.05, 4.69) is 49.5 Å². The van der Waals surface area contributed by atoms with Gasteiger partial charge in [0.25, 0.3) is 0 Å². The van der Waals surface area contributed by atoms with Crippen LogP contribution in [0.3, 0.4) is 0 Å². The van der Waals surface area contributed by atoms with Crippen molar-refractivity contribution in [1.82, 2.24) is 5.32 Å². The Balaban J connectivity index is 1.88. The number of benzene rings is 1. The SMILES string of the molecule is CC(C)OCCCNCCSc1ccccc1. The van der Waals surface area contributed by atoms with Crippen LogP contribution in [0.4, 0.5) is 0 Å². The topological polar surface area (TPSA) is 21.3 Å². The van der Waals surface area contributed by atoms with Crippen molar-refractivity contribution in [1.29, 1.82) is 0 Å². The van der Waals surface area contributed by atoms with Gasteiger partial charge in [0.05, 0.1) is 6.10 Å². The van der Waals surface area contributed by atoms with Crippen LogP contribution >= 0.6 is 11.8 Å². The zero-order valence-corrected chi connectivity index (χ0v) is 11.6. The lowest BCUT2D eigenvalue weighted by Crippen LogP contribution is -2.20. The van der Waals surface area contributed by atoms with E-state index < -0.39 is 0 Å². The van der Waals surface area contributed by atoms with Crippen molar-refractivity contribution in [2.75, 3.05) is 25.4 Å². The standard InChI is InChI=1S/C14H23NOS/c1-13(2)16-11-6-9-15-10-12-17-14-7-4-3-5-8-14/h3-5,7-8,13,15H,6,9-12H2,1-2H3. The van der Waals surface area contributed by atoms with Gasteiger partial charge in [-0.3, -0.25) is 0 Å². The van der Waals surface area contributed by atoms with E-state index in [4.69, 9.17) is 4.74 Å². The number of nitrogens with one attached hydrogen (secondary N) is 1. The number of hydrogen-bond acceptors (Lipinski definition) is 3. The molecule has 17 heavy (non-hydrogen) atoms. The van der Waals surface area contributed by atoms with Gasteiger partial charge in [0.15, 0.2) is 0 Å². The van der Waals surface area contributed by atoms with Gasteiger partial charge in [-0.25, -0.2) is 0 Å². The average molecular weight is 253 g/mol. The fraction of sp³-hybridized carbons (Fsp3) is 0.571. The highest BCUT2D eigenvalue weighted by molar-refractivity contribution is 7.99. The Bertz CT molecular complexity index is 277. The number of ether oxygens (including phenoxy) is 1. The molecule has 0 bridgehead atoms. The second-order valence-electron chi connectivity index (χ2n) is 4.18. The van der Waals surface area contributed by atoms with Crippen LogP contribution in [0.1, 0.15) is 20.3 Å². The van der Waals surface area contributed by atoms with E-state index in [9.17, 15) is 0 Å². The molecule has 3 heteroatoms. The molecule has 0 aliphatic carbocycles. The molecule has 0 fully saturated rings. The summed E-state index contributed by atoms with van der Waals surface area (Å²) in [6, 6.07) is 10.5. The lowest BCUT2D eigenvalue weighted by Gasteiger charge is -2.08. The second kappa shape index (κ2) is 9.51. The fourth-order valence-electron chi connectivity index (χ4n) is 1.40. The Morgan fingerprint density at radius 1 is 1.18 bits per heavy atom. The maximum atomic E-state index is 5.47. The van der Waals surface area contributed by atoms with Crippen molar-refractivity contribution < 1.29 is 4.74 Å². The van der Waals surface area contributed by atoms with E-state index in [1.54, 1.807) is 0 Å². The quantitative estimate of drug-likeness (QED) is 0.539. The van der Waals surface area contributed by atoms with Crippen LogP contribution in [0, 0.1) is 0 Å². The monoisotopic (exact) mass is 253 g/mol. The zero-order chi connectivity index (χ0) is 12.3. The highest BCUT2D eigenvalue weighted by atomic mass is 32.2. The molecule has 2 nitrogen and oxygen atoms in total. The van der Waals surface area contributed by atoms with Crippen molar-refractivity contribution in [3.63, 3.8) is 0 Å². The van der Waals surface area contributed by atoms with Crippen molar-refractivity contribution in [2.45, 2.75) is 31.3 Å². The maximum Gasteiger partial charge on any atom is 0.0518 e. The molecule has 96 valence electrons. The lowest BCUT2D eigenvalue weighted by atomic mass is 10.4. The molecule has 1 aromatic rings. The Labute approximate surface area is 109 Å². The summed E-state index contributed by atoms with van der Waals surface area (Å²) in [5, 5.41) is 3.43. The summed E-state index contributed by atoms with van der Waals surface area (Å²) in [6.07, 6.45) is 1.44. The average Bonchev–Trinajstić information content (AvgIpc) is 2.33. The van der Waals surface area contributed by atoms with E-state index >= 15 is 0 Å². The smallest absolute Gasteiger partial charge is 0.0518 e. The van der Waals surface area contributed by atoms with Crippen LogP contribution in [0.15, 0.2) is 35.2 Å². The van der Waals surface area contributed by atoms with Gasteiger partial charge < -0.3 is 10.1 Å². The second-order valence-corrected chi connectivity index (χ2v) is 5.35.